The van der Waals surface area contributed by atoms with Gasteiger partial charge in [-0.15, -0.1) is 0 Å². The number of aliphatic carboxylic acids is 1. The third-order valence-corrected chi connectivity index (χ3v) is 2.20. The number of nitrogens with one attached hydrogen (secondary N) is 2. The maximum Gasteiger partial charge on any atom is 0.490 e. The van der Waals surface area contributed by atoms with E-state index in [0.29, 0.717) is 6.04 Å². The smallest absolute Gasteiger partial charge is 0.475 e. The number of anilines is 1. The van der Waals surface area contributed by atoms with Crippen LogP contribution in [0.3, 0.4) is 0 Å². The number of nitrogens with zero attached hydrogens (tertiary/aromatic N) is 2. The van der Waals surface area contributed by atoms with Crippen LogP contribution in [0.1, 0.15) is 6.42 Å². The number of carboxylic acids is 1. The lowest BCUT2D eigenvalue weighted by atomic mass is 10.3. The second-order valence-corrected chi connectivity index (χ2v) is 3.71. The minimum absolute atomic E-state index is 0.493. The van der Waals surface area contributed by atoms with Crippen molar-refractivity contribution in [3.63, 3.8) is 0 Å². The molecule has 19 heavy (non-hydrogen) atoms. The van der Waals surface area contributed by atoms with Crippen LogP contribution >= 0.6 is 0 Å². The summed E-state index contributed by atoms with van der Waals surface area (Å²) >= 11 is 0. The molecular weight excluding hydrogens is 265 g/mol. The molecule has 1 atom stereocenters. The van der Waals surface area contributed by atoms with Gasteiger partial charge in [0.2, 0.25) is 5.95 Å². The van der Waals surface area contributed by atoms with Crippen molar-refractivity contribution in [2.45, 2.75) is 18.6 Å². The van der Waals surface area contributed by atoms with E-state index in [1.54, 1.807) is 12.4 Å². The van der Waals surface area contributed by atoms with Crippen LogP contribution in [0.4, 0.5) is 19.1 Å². The van der Waals surface area contributed by atoms with Crippen molar-refractivity contribution in [2.24, 2.45) is 0 Å². The van der Waals surface area contributed by atoms with Crippen LogP contribution in [0.15, 0.2) is 18.5 Å². The van der Waals surface area contributed by atoms with Crippen molar-refractivity contribution in [1.82, 2.24) is 15.3 Å². The number of alkyl halides is 3. The molecule has 1 aliphatic heterocycles. The molecule has 0 amide bonds. The SMILES string of the molecule is O=C(O)C(F)(F)F.c1cnc(N[C@@H]2CCNC2)nc1. The first kappa shape index (κ1) is 15.2. The molecule has 0 aromatic carbocycles. The fourth-order valence-electron chi connectivity index (χ4n) is 1.33. The lowest BCUT2D eigenvalue weighted by Gasteiger charge is -2.09. The molecule has 1 aliphatic rings. The lowest BCUT2D eigenvalue weighted by Crippen LogP contribution is -2.23. The van der Waals surface area contributed by atoms with Gasteiger partial charge in [0.25, 0.3) is 0 Å². The second-order valence-electron chi connectivity index (χ2n) is 3.71. The van der Waals surface area contributed by atoms with Gasteiger partial charge in [0.15, 0.2) is 0 Å². The van der Waals surface area contributed by atoms with E-state index in [0.717, 1.165) is 25.5 Å². The highest BCUT2D eigenvalue weighted by molar-refractivity contribution is 5.73. The molecule has 0 unspecified atom stereocenters. The Balaban J connectivity index is 0.000000224. The summed E-state index contributed by atoms with van der Waals surface area (Å²) in [5.74, 6) is -2.03. The van der Waals surface area contributed by atoms with Gasteiger partial charge in [-0.1, -0.05) is 0 Å². The van der Waals surface area contributed by atoms with E-state index in [1.165, 1.54) is 0 Å². The van der Waals surface area contributed by atoms with Crippen LogP contribution in [0, 0.1) is 0 Å². The van der Waals surface area contributed by atoms with Crippen molar-refractivity contribution >= 4 is 11.9 Å². The first-order valence-electron chi connectivity index (χ1n) is 5.44. The van der Waals surface area contributed by atoms with Gasteiger partial charge in [0.05, 0.1) is 0 Å². The van der Waals surface area contributed by atoms with E-state index in [2.05, 4.69) is 20.6 Å². The number of carbonyl (C=O) groups is 1. The highest BCUT2D eigenvalue weighted by Crippen LogP contribution is 2.13. The van der Waals surface area contributed by atoms with Crippen molar-refractivity contribution < 1.29 is 23.1 Å². The number of carboxylic acid groups (broad SMARTS) is 1. The molecule has 0 radical (unpaired) electrons. The topological polar surface area (TPSA) is 87.1 Å². The third kappa shape index (κ3) is 6.00. The van der Waals surface area contributed by atoms with E-state index < -0.39 is 12.1 Å². The Bertz CT molecular complexity index is 394. The molecule has 0 saturated carbocycles. The summed E-state index contributed by atoms with van der Waals surface area (Å²) in [7, 11) is 0. The summed E-state index contributed by atoms with van der Waals surface area (Å²) in [5, 5.41) is 13.7. The summed E-state index contributed by atoms with van der Waals surface area (Å²) in [6.07, 6.45) is -0.437. The van der Waals surface area contributed by atoms with Crippen LogP contribution in [0.5, 0.6) is 0 Å². The number of rotatable bonds is 2. The Labute approximate surface area is 107 Å². The number of aromatic nitrogens is 2. The number of halogens is 3. The fourth-order valence-corrected chi connectivity index (χ4v) is 1.33. The molecule has 9 heteroatoms. The van der Waals surface area contributed by atoms with E-state index in [-0.39, 0.29) is 0 Å². The Morgan fingerprint density at radius 3 is 2.42 bits per heavy atom. The first-order valence-corrected chi connectivity index (χ1v) is 5.44. The lowest BCUT2D eigenvalue weighted by molar-refractivity contribution is -0.192. The van der Waals surface area contributed by atoms with Crippen LogP contribution in [-0.2, 0) is 4.79 Å². The highest BCUT2D eigenvalue weighted by atomic mass is 19.4. The van der Waals surface area contributed by atoms with Crippen molar-refractivity contribution in [1.29, 1.82) is 0 Å². The largest absolute Gasteiger partial charge is 0.490 e. The van der Waals surface area contributed by atoms with E-state index >= 15 is 0 Å². The van der Waals surface area contributed by atoms with Crippen molar-refractivity contribution in [3.8, 4) is 0 Å². The molecule has 1 aromatic rings. The molecule has 0 spiro atoms. The molecule has 2 heterocycles. The summed E-state index contributed by atoms with van der Waals surface area (Å²) in [6, 6.07) is 2.31. The monoisotopic (exact) mass is 278 g/mol. The predicted octanol–water partition coefficient (Wildman–Crippen LogP) is 0.884. The van der Waals surface area contributed by atoms with E-state index in [1.807, 2.05) is 6.07 Å². The zero-order valence-electron chi connectivity index (χ0n) is 9.81. The van der Waals surface area contributed by atoms with Gasteiger partial charge in [-0.25, -0.2) is 14.8 Å². The summed E-state index contributed by atoms with van der Waals surface area (Å²) in [4.78, 5) is 17.1. The zero-order valence-corrected chi connectivity index (χ0v) is 9.81. The second kappa shape index (κ2) is 6.88. The molecule has 106 valence electrons. The third-order valence-electron chi connectivity index (χ3n) is 2.20. The molecule has 6 nitrogen and oxygen atoms in total. The van der Waals surface area contributed by atoms with Gasteiger partial charge in [-0.3, -0.25) is 0 Å². The Hall–Kier alpha value is -1.90. The molecule has 2 rings (SSSR count). The predicted molar refractivity (Wildman–Crippen MR) is 60.6 cm³/mol. The highest BCUT2D eigenvalue weighted by Gasteiger charge is 2.38. The van der Waals surface area contributed by atoms with Crippen LogP contribution in [0.2, 0.25) is 0 Å². The van der Waals surface area contributed by atoms with E-state index in [4.69, 9.17) is 9.90 Å². The fraction of sp³-hybridized carbons (Fsp3) is 0.500. The normalized spacial score (nSPS) is 18.4. The maximum atomic E-state index is 10.6. The molecule has 1 aromatic heterocycles. The van der Waals surface area contributed by atoms with Gasteiger partial charge in [0.1, 0.15) is 0 Å². The molecule has 3 N–H and O–H groups in total. The minimum Gasteiger partial charge on any atom is -0.475 e. The number of hydrogen-bond donors (Lipinski definition) is 3. The van der Waals surface area contributed by atoms with Crippen LogP contribution < -0.4 is 10.6 Å². The van der Waals surface area contributed by atoms with E-state index in [9.17, 15) is 13.2 Å². The standard InChI is InChI=1S/C8H12N4.C2HF3O2/c1-3-10-8(11-4-1)12-7-2-5-9-6-7;3-2(4,5)1(6)7/h1,3-4,7,9H,2,5-6H2,(H,10,11,12);(H,6,7)/t7-;/m1./s1. The van der Waals surface area contributed by atoms with Crippen LogP contribution in [-0.4, -0.2) is 46.4 Å². The molecular formula is C10H13F3N4O2. The van der Waals surface area contributed by atoms with Gasteiger partial charge >= 0.3 is 12.1 Å². The average Bonchev–Trinajstić information content (AvgIpc) is 2.83. The minimum atomic E-state index is -5.08. The van der Waals surface area contributed by atoms with Gasteiger partial charge in [-0.2, -0.15) is 13.2 Å². The first-order chi connectivity index (χ1) is 8.89. The quantitative estimate of drug-likeness (QED) is 0.744. The van der Waals surface area contributed by atoms with Crippen LogP contribution in [0.25, 0.3) is 0 Å². The Morgan fingerprint density at radius 1 is 1.42 bits per heavy atom. The molecule has 1 saturated heterocycles. The summed E-state index contributed by atoms with van der Waals surface area (Å²) in [5.41, 5.74) is 0. The summed E-state index contributed by atoms with van der Waals surface area (Å²) in [6.45, 7) is 2.10. The molecule has 1 fully saturated rings. The Kier molecular flexibility index (Phi) is 5.49. The van der Waals surface area contributed by atoms with Gasteiger partial charge in [0, 0.05) is 25.0 Å². The number of hydrogen-bond acceptors (Lipinski definition) is 5. The van der Waals surface area contributed by atoms with Gasteiger partial charge < -0.3 is 15.7 Å². The zero-order chi connectivity index (χ0) is 14.3. The maximum absolute atomic E-state index is 10.6. The van der Waals surface area contributed by atoms with Crippen molar-refractivity contribution in [2.75, 3.05) is 18.4 Å². The molecule has 0 bridgehead atoms. The molecule has 0 aliphatic carbocycles. The Morgan fingerprint density at radius 2 is 2.00 bits per heavy atom. The summed E-state index contributed by atoms with van der Waals surface area (Å²) < 4.78 is 31.7. The van der Waals surface area contributed by atoms with Gasteiger partial charge in [-0.05, 0) is 19.0 Å². The average molecular weight is 278 g/mol. The van der Waals surface area contributed by atoms with Crippen molar-refractivity contribution in [3.05, 3.63) is 18.5 Å².